The lowest BCUT2D eigenvalue weighted by Gasteiger charge is -2.37. The van der Waals surface area contributed by atoms with Crippen LogP contribution in [0.3, 0.4) is 0 Å². The van der Waals surface area contributed by atoms with E-state index in [9.17, 15) is 15.0 Å². The third kappa shape index (κ3) is 6.46. The summed E-state index contributed by atoms with van der Waals surface area (Å²) < 4.78 is 13.4. The number of Topliss-reactive ketones (excluding diaryl/α,β-unsaturated/α-hetero) is 1. The van der Waals surface area contributed by atoms with Crippen molar-refractivity contribution in [3.8, 4) is 35.4 Å². The number of carbonyl (C=O) groups excluding carboxylic acids is 1. The molecule has 2 aromatic rings. The summed E-state index contributed by atoms with van der Waals surface area (Å²) in [4.78, 5) is 19.3. The fraction of sp³-hybridized carbons (Fsp3) is 0.458. The van der Waals surface area contributed by atoms with Gasteiger partial charge in [0.2, 0.25) is 0 Å². The lowest BCUT2D eigenvalue weighted by atomic mass is 9.70. The number of allylic oxidation sites excluding steroid dienone is 3. The van der Waals surface area contributed by atoms with Gasteiger partial charge in [0.15, 0.2) is 11.5 Å². The maximum atomic E-state index is 13.1. The molecule has 9 nitrogen and oxygen atoms in total. The largest absolute Gasteiger partial charge is 0.437 e. The van der Waals surface area contributed by atoms with E-state index < -0.39 is 23.9 Å². The van der Waals surface area contributed by atoms with Crippen molar-refractivity contribution >= 4 is 17.1 Å². The number of nitrogens with one attached hydrogen (secondary N) is 2. The smallest absolute Gasteiger partial charge is 0.252 e. The molecule has 9 heteroatoms. The van der Waals surface area contributed by atoms with Crippen LogP contribution in [0.5, 0.6) is 11.5 Å². The minimum atomic E-state index is -1.03. The molecule has 57 heavy (non-hydrogen) atoms. The Balaban J connectivity index is 1.01. The van der Waals surface area contributed by atoms with E-state index >= 15 is 0 Å². The first kappa shape index (κ1) is 36.4. The second-order valence-electron chi connectivity index (χ2n) is 17.5. The van der Waals surface area contributed by atoms with Gasteiger partial charge in [-0.2, -0.15) is 0 Å². The Morgan fingerprint density at radius 1 is 1.11 bits per heavy atom. The SMILES string of the molecule is CC1C=CC(C(O)CC(=O)CCc2ccc3c(c2)OC2C(C#CC(O)c4ccc5c6c4C(CCC6=CNC5N)C4=CN=C5C[NH+]2C=C45)C2(C#CO3)CCCC2)CC1. The van der Waals surface area contributed by atoms with Gasteiger partial charge in [0.1, 0.15) is 48.5 Å². The van der Waals surface area contributed by atoms with Crippen LogP contribution >= 0.6 is 0 Å². The van der Waals surface area contributed by atoms with Crippen molar-refractivity contribution in [1.82, 2.24) is 5.32 Å². The van der Waals surface area contributed by atoms with Crippen molar-refractivity contribution < 1.29 is 29.4 Å². The summed E-state index contributed by atoms with van der Waals surface area (Å²) in [6.07, 6.45) is 19.7. The minimum absolute atomic E-state index is 0.0350. The number of nitrogens with two attached hydrogens (primary N) is 1. The van der Waals surface area contributed by atoms with E-state index in [2.05, 4.69) is 66.7 Å². The number of hydrogen-bond acceptors (Lipinski definition) is 8. The molecule has 10 rings (SSSR count). The standard InChI is InChI=1S/C48H50N4O5/c1-28-4-8-30(9-5-28)41(55)23-32(53)11-6-29-7-17-42-43(22-29)57-47-38(48(20-21-56-42)18-2-3-19-48)15-16-40(54)34-13-14-35-44-31(24-51-46(35)49)10-12-33(45(34)44)36-25-50-39-27-52(47)26-37(36)39/h4,7-8,13-14,17,22,24-26,28,30,33,38,40-41,46-47,51,54-55H,2-3,5-6,9-12,18-19,23,27,49H2,1H3/p+1. The molecule has 9 unspecified atom stereocenters. The van der Waals surface area contributed by atoms with Crippen LogP contribution in [0.4, 0.5) is 0 Å². The second-order valence-corrected chi connectivity index (χ2v) is 17.5. The zero-order chi connectivity index (χ0) is 38.8. The fourth-order valence-electron chi connectivity index (χ4n) is 10.7. The van der Waals surface area contributed by atoms with Gasteiger partial charge in [0, 0.05) is 37.1 Å². The summed E-state index contributed by atoms with van der Waals surface area (Å²) >= 11 is 0. The molecule has 1 spiro atoms. The Labute approximate surface area is 334 Å². The van der Waals surface area contributed by atoms with Crippen LogP contribution in [0.2, 0.25) is 0 Å². The number of hydrogen-bond donors (Lipinski definition) is 5. The van der Waals surface area contributed by atoms with Crippen LogP contribution in [0.1, 0.15) is 117 Å². The zero-order valence-electron chi connectivity index (χ0n) is 32.5. The molecule has 5 aliphatic heterocycles. The summed E-state index contributed by atoms with van der Waals surface area (Å²) in [5.74, 6) is 11.9. The first-order chi connectivity index (χ1) is 27.7. The minimum Gasteiger partial charge on any atom is -0.437 e. The molecule has 2 aromatic carbocycles. The average Bonchev–Trinajstić information content (AvgIpc) is 3.96. The van der Waals surface area contributed by atoms with Gasteiger partial charge in [-0.3, -0.25) is 14.7 Å². The Morgan fingerprint density at radius 2 is 1.96 bits per heavy atom. The third-order valence-electron chi connectivity index (χ3n) is 13.9. The van der Waals surface area contributed by atoms with E-state index in [1.54, 1.807) is 0 Å². The number of aliphatic hydroxyl groups excluding tert-OH is 2. The zero-order valence-corrected chi connectivity index (χ0v) is 32.5. The van der Waals surface area contributed by atoms with Crippen LogP contribution in [-0.4, -0.2) is 40.6 Å². The number of aryl methyl sites for hydroxylation is 1. The monoisotopic (exact) mass is 763 g/mol. The van der Waals surface area contributed by atoms with Gasteiger partial charge in [0.05, 0.1) is 17.1 Å². The number of ether oxygens (including phenoxy) is 2. The molecule has 6 N–H and O–H groups in total. The number of quaternary nitrogens is 1. The molecule has 8 aliphatic rings. The molecule has 1 fully saturated rings. The van der Waals surface area contributed by atoms with Gasteiger partial charge in [-0.05, 0) is 102 Å². The quantitative estimate of drug-likeness (QED) is 0.196. The second kappa shape index (κ2) is 14.5. The highest BCUT2D eigenvalue weighted by Crippen LogP contribution is 2.51. The van der Waals surface area contributed by atoms with E-state index in [0.717, 1.165) is 95.4 Å². The van der Waals surface area contributed by atoms with Gasteiger partial charge >= 0.3 is 0 Å². The molecule has 0 aromatic heterocycles. The van der Waals surface area contributed by atoms with Gasteiger partial charge < -0.3 is 30.7 Å². The first-order valence-corrected chi connectivity index (χ1v) is 21.0. The predicted molar refractivity (Wildman–Crippen MR) is 217 cm³/mol. The van der Waals surface area contributed by atoms with Gasteiger partial charge in [-0.25, -0.2) is 0 Å². The molecule has 3 aliphatic carbocycles. The van der Waals surface area contributed by atoms with Crippen molar-refractivity contribution in [2.45, 2.75) is 108 Å². The molecule has 1 saturated carbocycles. The van der Waals surface area contributed by atoms with Crippen molar-refractivity contribution in [1.29, 1.82) is 0 Å². The Kier molecular flexibility index (Phi) is 9.26. The number of benzene rings is 2. The Morgan fingerprint density at radius 3 is 2.81 bits per heavy atom. The van der Waals surface area contributed by atoms with Crippen molar-refractivity contribution in [3.05, 3.63) is 100 Å². The molecule has 9 atom stereocenters. The average molecular weight is 764 g/mol. The molecule has 5 heterocycles. The number of ketones is 1. The number of aliphatic imine (C=N–C) groups is 1. The van der Waals surface area contributed by atoms with E-state index in [4.69, 9.17) is 20.2 Å². The topological polar surface area (TPSA) is 131 Å². The predicted octanol–water partition coefficient (Wildman–Crippen LogP) is 5.43. The molecule has 0 radical (unpaired) electrons. The normalized spacial score (nSPS) is 31.3. The number of rotatable bonds is 6. The Bertz CT molecular complexity index is 2310. The van der Waals surface area contributed by atoms with Crippen LogP contribution < -0.4 is 25.4 Å². The number of fused-ring (bicyclic) bond motifs is 6. The van der Waals surface area contributed by atoms with Crippen LogP contribution in [0.15, 0.2) is 77.2 Å². The van der Waals surface area contributed by atoms with Crippen LogP contribution in [0, 0.1) is 47.0 Å². The van der Waals surface area contributed by atoms with Crippen molar-refractivity contribution in [2.75, 3.05) is 6.54 Å². The van der Waals surface area contributed by atoms with E-state index in [1.807, 2.05) is 30.5 Å². The highest BCUT2D eigenvalue weighted by atomic mass is 16.5. The highest BCUT2D eigenvalue weighted by Gasteiger charge is 2.52. The summed E-state index contributed by atoms with van der Waals surface area (Å²) in [7, 11) is 0. The van der Waals surface area contributed by atoms with E-state index in [-0.39, 0.29) is 36.1 Å². The molecule has 0 saturated heterocycles. The fourth-order valence-corrected chi connectivity index (χ4v) is 10.7. The third-order valence-corrected chi connectivity index (χ3v) is 13.9. The maximum absolute atomic E-state index is 13.1. The summed E-state index contributed by atoms with van der Waals surface area (Å²) in [5, 5.41) is 26.3. The first-order valence-electron chi connectivity index (χ1n) is 21.0. The maximum Gasteiger partial charge on any atom is 0.252 e. The van der Waals surface area contributed by atoms with Gasteiger partial charge in [-0.15, -0.1) is 0 Å². The van der Waals surface area contributed by atoms with E-state index in [1.165, 1.54) is 11.1 Å². The van der Waals surface area contributed by atoms with Gasteiger partial charge in [0.25, 0.3) is 6.23 Å². The summed E-state index contributed by atoms with van der Waals surface area (Å²) in [6.45, 7) is 2.82. The highest BCUT2D eigenvalue weighted by molar-refractivity contribution is 6.08. The Hall–Kier alpha value is -4.90. The molecule has 292 valence electrons. The molecular weight excluding hydrogens is 713 g/mol. The summed E-state index contributed by atoms with van der Waals surface area (Å²) in [5.41, 5.74) is 15.7. The van der Waals surface area contributed by atoms with E-state index in [0.29, 0.717) is 36.8 Å². The number of carbonyl (C=O) groups is 1. The summed E-state index contributed by atoms with van der Waals surface area (Å²) in [6, 6.07) is 9.91. The van der Waals surface area contributed by atoms with Crippen molar-refractivity contribution in [2.24, 2.45) is 33.9 Å². The lowest BCUT2D eigenvalue weighted by Crippen LogP contribution is -3.13. The molecule has 0 amide bonds. The van der Waals surface area contributed by atoms with Crippen LogP contribution in [-0.2, 0) is 11.2 Å². The van der Waals surface area contributed by atoms with Crippen molar-refractivity contribution in [3.63, 3.8) is 0 Å². The van der Waals surface area contributed by atoms with Gasteiger partial charge in [-0.1, -0.05) is 67.9 Å². The lowest BCUT2D eigenvalue weighted by molar-refractivity contribution is -0.888. The number of nitrogens with zero attached hydrogens (tertiary/aromatic N) is 1. The number of aliphatic hydroxyl groups is 2. The molecular formula is C48H51N4O5+. The molecule has 2 bridgehead atoms. The van der Waals surface area contributed by atoms with Crippen LogP contribution in [0.25, 0.3) is 5.57 Å².